The summed E-state index contributed by atoms with van der Waals surface area (Å²) in [4.78, 5) is 2.48. The number of rotatable bonds is 7. The zero-order chi connectivity index (χ0) is 46.6. The fourth-order valence-corrected chi connectivity index (χ4v) is 12.5. The first-order valence-corrected chi connectivity index (χ1v) is 24.5. The zero-order valence-corrected chi connectivity index (χ0v) is 39.1. The van der Waals surface area contributed by atoms with Crippen LogP contribution in [0, 0.1) is 0 Å². The van der Waals surface area contributed by atoms with Gasteiger partial charge in [-0.1, -0.05) is 208 Å². The summed E-state index contributed by atoms with van der Waals surface area (Å²) < 4.78 is 2.42. The van der Waals surface area contributed by atoms with Crippen molar-refractivity contribution in [1.82, 2.24) is 4.57 Å². The highest BCUT2D eigenvalue weighted by Crippen LogP contribution is 2.58. The maximum Gasteiger partial charge on any atom is 0.0715 e. The summed E-state index contributed by atoms with van der Waals surface area (Å²) in [7, 11) is 0. The van der Waals surface area contributed by atoms with E-state index >= 15 is 0 Å². The van der Waals surface area contributed by atoms with Gasteiger partial charge in [0.15, 0.2) is 0 Å². The Morgan fingerprint density at radius 1 is 0.329 bits per heavy atom. The van der Waals surface area contributed by atoms with Crippen LogP contribution >= 0.6 is 0 Å². The van der Waals surface area contributed by atoms with Gasteiger partial charge in [-0.25, -0.2) is 0 Å². The average molecular weight is 893 g/mol. The Labute approximate surface area is 409 Å². The molecule has 330 valence electrons. The molecule has 0 bridgehead atoms. The number of aromatic nitrogens is 1. The minimum absolute atomic E-state index is 0.151. The topological polar surface area (TPSA) is 8.17 Å². The molecule has 0 fully saturated rings. The van der Waals surface area contributed by atoms with Gasteiger partial charge in [0, 0.05) is 45.1 Å². The first-order chi connectivity index (χ1) is 34.5. The van der Waals surface area contributed by atoms with E-state index in [1.54, 1.807) is 0 Å². The van der Waals surface area contributed by atoms with Crippen molar-refractivity contribution in [3.05, 3.63) is 288 Å². The molecule has 70 heavy (non-hydrogen) atoms. The molecule has 2 aliphatic carbocycles. The van der Waals surface area contributed by atoms with Crippen molar-refractivity contribution in [3.8, 4) is 39.1 Å². The molecule has 2 heteroatoms. The third-order valence-corrected chi connectivity index (χ3v) is 15.7. The van der Waals surface area contributed by atoms with Crippen molar-refractivity contribution in [2.75, 3.05) is 4.90 Å². The fourth-order valence-electron chi connectivity index (χ4n) is 12.5. The molecular formula is C68H48N2. The van der Waals surface area contributed by atoms with Crippen LogP contribution in [-0.4, -0.2) is 4.57 Å². The van der Waals surface area contributed by atoms with Crippen molar-refractivity contribution < 1.29 is 0 Å². The standard InChI is InChI=1S/C68H48N2/c1-67(2)62-29-17-16-27-56(62)57-38-35-51(43-63(57)67)70(49-32-30-46(31-33-49)45-18-6-3-7-19-45)52-36-39-59-58-37-34-50(69-41-40-61-55-26-13-12-24-53(55)54-25-14-15-28-60(54)66(61)69)42-64(58)68(65(59)44-52,47-20-8-4-9-21-47)48-22-10-5-11-23-48/h3-44H,1-2H3. The molecule has 0 saturated carbocycles. The third kappa shape index (κ3) is 5.80. The van der Waals surface area contributed by atoms with Gasteiger partial charge in [0.05, 0.1) is 10.9 Å². The summed E-state index contributed by atoms with van der Waals surface area (Å²) in [6.07, 6.45) is 2.27. The summed E-state index contributed by atoms with van der Waals surface area (Å²) in [6.45, 7) is 4.74. The van der Waals surface area contributed by atoms with Gasteiger partial charge < -0.3 is 9.47 Å². The van der Waals surface area contributed by atoms with Gasteiger partial charge in [-0.3, -0.25) is 0 Å². The molecule has 0 atom stereocenters. The molecule has 0 N–H and O–H groups in total. The largest absolute Gasteiger partial charge is 0.316 e. The number of nitrogens with zero attached hydrogens (tertiary/aromatic N) is 2. The average Bonchev–Trinajstić information content (AvgIpc) is 4.07. The lowest BCUT2D eigenvalue weighted by Gasteiger charge is -2.35. The van der Waals surface area contributed by atoms with Crippen LogP contribution in [0.3, 0.4) is 0 Å². The van der Waals surface area contributed by atoms with Gasteiger partial charge in [0.25, 0.3) is 0 Å². The zero-order valence-electron chi connectivity index (χ0n) is 39.1. The van der Waals surface area contributed by atoms with Gasteiger partial charge in [-0.15, -0.1) is 0 Å². The molecule has 14 rings (SSSR count). The van der Waals surface area contributed by atoms with E-state index in [9.17, 15) is 0 Å². The summed E-state index contributed by atoms with van der Waals surface area (Å²) in [5.41, 5.74) is 20.2. The van der Waals surface area contributed by atoms with Crippen LogP contribution in [0.1, 0.15) is 47.2 Å². The maximum absolute atomic E-state index is 2.50. The monoisotopic (exact) mass is 892 g/mol. The van der Waals surface area contributed by atoms with Crippen molar-refractivity contribution >= 4 is 49.5 Å². The Morgan fingerprint density at radius 2 is 0.771 bits per heavy atom. The number of hydrogen-bond donors (Lipinski definition) is 0. The van der Waals surface area contributed by atoms with Crippen LogP contribution in [0.2, 0.25) is 0 Å². The number of benzene rings is 11. The van der Waals surface area contributed by atoms with Gasteiger partial charge in [0.1, 0.15) is 0 Å². The van der Waals surface area contributed by atoms with E-state index in [0.717, 1.165) is 22.7 Å². The molecule has 0 aliphatic heterocycles. The first kappa shape index (κ1) is 40.4. The van der Waals surface area contributed by atoms with Gasteiger partial charge >= 0.3 is 0 Å². The number of hydrogen-bond acceptors (Lipinski definition) is 1. The van der Waals surface area contributed by atoms with Gasteiger partial charge in [0.2, 0.25) is 0 Å². The Bertz CT molecular complexity index is 3970. The summed E-state index contributed by atoms with van der Waals surface area (Å²) in [6, 6.07) is 92.7. The van der Waals surface area contributed by atoms with Crippen molar-refractivity contribution in [2.24, 2.45) is 0 Å². The molecular weight excluding hydrogens is 845 g/mol. The van der Waals surface area contributed by atoms with Crippen molar-refractivity contribution in [2.45, 2.75) is 24.7 Å². The fraction of sp³-hybridized carbons (Fsp3) is 0.0588. The molecule has 0 unspecified atom stereocenters. The van der Waals surface area contributed by atoms with E-state index in [1.165, 1.54) is 99.2 Å². The molecule has 1 heterocycles. The predicted octanol–water partition coefficient (Wildman–Crippen LogP) is 17.7. The van der Waals surface area contributed by atoms with Crippen LogP contribution in [0.4, 0.5) is 17.1 Å². The van der Waals surface area contributed by atoms with Crippen molar-refractivity contribution in [1.29, 1.82) is 0 Å². The molecule has 2 nitrogen and oxygen atoms in total. The highest BCUT2D eigenvalue weighted by atomic mass is 15.1. The van der Waals surface area contributed by atoms with E-state index < -0.39 is 5.41 Å². The Kier molecular flexibility index (Phi) is 8.88. The van der Waals surface area contributed by atoms with E-state index in [1.807, 2.05) is 0 Å². The Morgan fingerprint density at radius 3 is 1.41 bits per heavy atom. The normalized spacial score (nSPS) is 13.8. The number of anilines is 3. The highest BCUT2D eigenvalue weighted by Gasteiger charge is 2.47. The lowest BCUT2D eigenvalue weighted by atomic mass is 9.67. The molecule has 1 aromatic heterocycles. The highest BCUT2D eigenvalue weighted by molar-refractivity contribution is 6.25. The van der Waals surface area contributed by atoms with Crippen molar-refractivity contribution in [3.63, 3.8) is 0 Å². The molecule has 12 aromatic rings. The van der Waals surface area contributed by atoms with Crippen LogP contribution < -0.4 is 4.90 Å². The Hall–Kier alpha value is -8.72. The van der Waals surface area contributed by atoms with E-state index in [0.29, 0.717) is 0 Å². The summed E-state index contributed by atoms with van der Waals surface area (Å²) in [5.74, 6) is 0. The van der Waals surface area contributed by atoms with E-state index in [-0.39, 0.29) is 5.41 Å². The van der Waals surface area contributed by atoms with Gasteiger partial charge in [-0.05, 0) is 138 Å². The van der Waals surface area contributed by atoms with Crippen LogP contribution in [-0.2, 0) is 10.8 Å². The molecule has 0 spiro atoms. The minimum Gasteiger partial charge on any atom is -0.316 e. The van der Waals surface area contributed by atoms with E-state index in [4.69, 9.17) is 0 Å². The molecule has 0 amide bonds. The second kappa shape index (κ2) is 15.4. The second-order valence-electron chi connectivity index (χ2n) is 19.6. The molecule has 0 saturated heterocycles. The SMILES string of the molecule is CC1(C)c2ccccc2-c2ccc(N(c3ccc(-c4ccccc4)cc3)c3ccc4c(c3)C(c3ccccc3)(c3ccccc3)c3cc(-n5ccc6c7ccccc7c7ccccc7c65)ccc3-4)cc21. The Balaban J connectivity index is 1.01. The summed E-state index contributed by atoms with van der Waals surface area (Å²) in [5, 5.41) is 6.34. The quantitative estimate of drug-likeness (QED) is 0.145. The third-order valence-electron chi connectivity index (χ3n) is 15.7. The lowest BCUT2D eigenvalue weighted by Crippen LogP contribution is -2.29. The predicted molar refractivity (Wildman–Crippen MR) is 293 cm³/mol. The van der Waals surface area contributed by atoms with Crippen LogP contribution in [0.5, 0.6) is 0 Å². The van der Waals surface area contributed by atoms with Crippen LogP contribution in [0.25, 0.3) is 71.5 Å². The van der Waals surface area contributed by atoms with E-state index in [2.05, 4.69) is 278 Å². The molecule has 0 radical (unpaired) electrons. The number of fused-ring (bicyclic) bond motifs is 12. The summed E-state index contributed by atoms with van der Waals surface area (Å²) >= 11 is 0. The first-order valence-electron chi connectivity index (χ1n) is 24.5. The van der Waals surface area contributed by atoms with Crippen LogP contribution in [0.15, 0.2) is 255 Å². The van der Waals surface area contributed by atoms with Gasteiger partial charge in [-0.2, -0.15) is 0 Å². The molecule has 2 aliphatic rings. The lowest BCUT2D eigenvalue weighted by molar-refractivity contribution is 0.660. The maximum atomic E-state index is 2.50. The minimum atomic E-state index is -0.638. The second-order valence-corrected chi connectivity index (χ2v) is 19.6. The smallest absolute Gasteiger partial charge is 0.0715 e. The molecule has 11 aromatic carbocycles.